The second-order valence-corrected chi connectivity index (χ2v) is 11.1. The summed E-state index contributed by atoms with van der Waals surface area (Å²) in [6, 6.07) is 14.6. The van der Waals surface area contributed by atoms with Crippen molar-refractivity contribution in [3.8, 4) is 0 Å². The minimum absolute atomic E-state index is 0.215. The predicted octanol–water partition coefficient (Wildman–Crippen LogP) is 4.57. The lowest BCUT2D eigenvalue weighted by Crippen LogP contribution is -2.35. The first kappa shape index (κ1) is 22.8. The number of hydrogen-bond donors (Lipinski definition) is 1. The molecule has 0 aliphatic carbocycles. The summed E-state index contributed by atoms with van der Waals surface area (Å²) in [4.78, 5) is 20.7. The summed E-state index contributed by atoms with van der Waals surface area (Å²) in [5.74, 6) is 0.402. The van der Waals surface area contributed by atoms with Crippen LogP contribution in [0.2, 0.25) is 0 Å². The van der Waals surface area contributed by atoms with Gasteiger partial charge in [-0.1, -0.05) is 30.7 Å². The van der Waals surface area contributed by atoms with Crippen LogP contribution in [0.4, 0.5) is 11.5 Å². The minimum Gasteiger partial charge on any atom is -0.356 e. The van der Waals surface area contributed by atoms with Crippen LogP contribution in [-0.2, 0) is 10.0 Å². The Morgan fingerprint density at radius 3 is 2.38 bits per heavy atom. The van der Waals surface area contributed by atoms with Crippen molar-refractivity contribution in [1.29, 1.82) is 0 Å². The van der Waals surface area contributed by atoms with Crippen LogP contribution in [0.5, 0.6) is 0 Å². The Kier molecular flexibility index (Phi) is 6.27. The number of hydrogen-bond acceptors (Lipinski definition) is 5. The van der Waals surface area contributed by atoms with E-state index >= 15 is 0 Å². The largest absolute Gasteiger partial charge is 0.356 e. The van der Waals surface area contributed by atoms with Crippen molar-refractivity contribution >= 4 is 38.3 Å². The zero-order valence-corrected chi connectivity index (χ0v) is 20.3. The fraction of sp³-hybridized carbons (Fsp3) is 0.385. The zero-order valence-electron chi connectivity index (χ0n) is 19.5. The number of rotatable bonds is 5. The van der Waals surface area contributed by atoms with Gasteiger partial charge in [0.15, 0.2) is 0 Å². The van der Waals surface area contributed by atoms with Crippen LogP contribution in [0.25, 0.3) is 10.9 Å². The monoisotopic (exact) mass is 478 g/mol. The molecule has 0 unspecified atom stereocenters. The Morgan fingerprint density at radius 2 is 1.62 bits per heavy atom. The Bertz CT molecular complexity index is 1330. The van der Waals surface area contributed by atoms with Gasteiger partial charge >= 0.3 is 0 Å². The highest BCUT2D eigenvalue weighted by Crippen LogP contribution is 2.29. The Hall–Kier alpha value is -2.97. The van der Waals surface area contributed by atoms with E-state index in [4.69, 9.17) is 4.98 Å². The number of carbonyl (C=O) groups excluding carboxylic acids is 1. The van der Waals surface area contributed by atoms with Crippen LogP contribution in [0.3, 0.4) is 0 Å². The van der Waals surface area contributed by atoms with Gasteiger partial charge in [-0.2, -0.15) is 4.31 Å². The van der Waals surface area contributed by atoms with Crippen molar-refractivity contribution in [3.05, 3.63) is 59.7 Å². The van der Waals surface area contributed by atoms with Gasteiger partial charge in [-0.05, 0) is 62.4 Å². The van der Waals surface area contributed by atoms with Gasteiger partial charge in [-0.25, -0.2) is 13.4 Å². The maximum absolute atomic E-state index is 13.5. The molecule has 1 aromatic heterocycles. The first-order valence-corrected chi connectivity index (χ1v) is 13.4. The molecule has 0 spiro atoms. The second kappa shape index (κ2) is 9.35. The third kappa shape index (κ3) is 4.40. The number of carbonyl (C=O) groups is 1. The molecule has 178 valence electrons. The van der Waals surface area contributed by atoms with Crippen molar-refractivity contribution in [3.63, 3.8) is 0 Å². The summed E-state index contributed by atoms with van der Waals surface area (Å²) >= 11 is 0. The van der Waals surface area contributed by atoms with Gasteiger partial charge in [0.25, 0.3) is 5.91 Å². The minimum atomic E-state index is -3.59. The number of para-hydroxylation sites is 1. The number of benzene rings is 2. The first-order chi connectivity index (χ1) is 16.4. The maximum Gasteiger partial charge on any atom is 0.259 e. The third-order valence-electron chi connectivity index (χ3n) is 6.76. The van der Waals surface area contributed by atoms with Crippen LogP contribution in [0.1, 0.15) is 48.0 Å². The van der Waals surface area contributed by atoms with E-state index in [-0.39, 0.29) is 10.8 Å². The predicted molar refractivity (Wildman–Crippen MR) is 135 cm³/mol. The number of sulfonamides is 1. The van der Waals surface area contributed by atoms with E-state index in [2.05, 4.69) is 10.2 Å². The van der Waals surface area contributed by atoms with E-state index in [9.17, 15) is 13.2 Å². The number of piperidine rings is 1. The molecule has 0 saturated carbocycles. The normalized spacial score (nSPS) is 17.3. The summed E-state index contributed by atoms with van der Waals surface area (Å²) < 4.78 is 27.9. The molecule has 0 radical (unpaired) electrons. The lowest BCUT2D eigenvalue weighted by molar-refractivity contribution is 0.102. The lowest BCUT2D eigenvalue weighted by atomic mass is 10.1. The number of amides is 1. The maximum atomic E-state index is 13.5. The molecule has 2 aromatic carbocycles. The third-order valence-corrected chi connectivity index (χ3v) is 8.66. The Balaban J connectivity index is 1.49. The quantitative estimate of drug-likeness (QED) is 0.581. The summed E-state index contributed by atoms with van der Waals surface area (Å²) in [7, 11) is -3.59. The molecule has 3 aromatic rings. The van der Waals surface area contributed by atoms with Crippen LogP contribution >= 0.6 is 0 Å². The van der Waals surface area contributed by atoms with Gasteiger partial charge in [-0.15, -0.1) is 0 Å². The van der Waals surface area contributed by atoms with Crippen molar-refractivity contribution < 1.29 is 13.2 Å². The summed E-state index contributed by atoms with van der Waals surface area (Å²) in [6.07, 6.45) is 4.96. The van der Waals surface area contributed by atoms with Gasteiger partial charge in [0.2, 0.25) is 10.0 Å². The molecule has 3 heterocycles. The van der Waals surface area contributed by atoms with Crippen LogP contribution in [-0.4, -0.2) is 49.8 Å². The Morgan fingerprint density at radius 1 is 0.912 bits per heavy atom. The van der Waals surface area contributed by atoms with E-state index in [0.717, 1.165) is 61.7 Å². The number of nitrogens with one attached hydrogen (secondary N) is 1. The van der Waals surface area contributed by atoms with Gasteiger partial charge in [0.05, 0.1) is 16.0 Å². The molecule has 0 bridgehead atoms. The molecule has 0 atom stereocenters. The molecule has 1 amide bonds. The first-order valence-electron chi connectivity index (χ1n) is 12.0. The van der Waals surface area contributed by atoms with Gasteiger partial charge in [0, 0.05) is 37.3 Å². The molecule has 7 nitrogen and oxygen atoms in total. The average Bonchev–Trinajstić information content (AvgIpc) is 3.40. The van der Waals surface area contributed by atoms with E-state index in [1.807, 2.05) is 37.3 Å². The van der Waals surface area contributed by atoms with Crippen molar-refractivity contribution in [2.75, 3.05) is 36.4 Å². The molecule has 1 N–H and O–H groups in total. The van der Waals surface area contributed by atoms with E-state index in [1.165, 1.54) is 0 Å². The van der Waals surface area contributed by atoms with E-state index in [0.29, 0.717) is 30.2 Å². The highest BCUT2D eigenvalue weighted by Gasteiger charge is 2.27. The number of aromatic nitrogens is 1. The number of anilines is 2. The van der Waals surface area contributed by atoms with Crippen LogP contribution < -0.4 is 10.2 Å². The molecular formula is C26H30N4O3S. The second-order valence-electron chi connectivity index (χ2n) is 9.14. The van der Waals surface area contributed by atoms with Crippen molar-refractivity contribution in [1.82, 2.24) is 9.29 Å². The highest BCUT2D eigenvalue weighted by atomic mass is 32.2. The fourth-order valence-corrected chi connectivity index (χ4v) is 6.33. The number of pyridine rings is 1. The summed E-state index contributed by atoms with van der Waals surface area (Å²) in [5.41, 5.74) is 2.67. The SMILES string of the molecule is Cc1ccc(S(=O)(=O)N2CCCCC2)cc1NC(=O)c1cc2ccccc2nc1N1CCCC1. The fourth-order valence-electron chi connectivity index (χ4n) is 4.78. The molecule has 2 aliphatic heterocycles. The summed E-state index contributed by atoms with van der Waals surface area (Å²) in [5, 5.41) is 3.88. The molecule has 5 rings (SSSR count). The number of nitrogens with zero attached hydrogens (tertiary/aromatic N) is 3. The highest BCUT2D eigenvalue weighted by molar-refractivity contribution is 7.89. The van der Waals surface area contributed by atoms with Crippen molar-refractivity contribution in [2.24, 2.45) is 0 Å². The van der Waals surface area contributed by atoms with Gasteiger partial charge in [0.1, 0.15) is 5.82 Å². The number of fused-ring (bicyclic) bond motifs is 1. The van der Waals surface area contributed by atoms with Gasteiger partial charge in [-0.3, -0.25) is 4.79 Å². The molecule has 2 fully saturated rings. The van der Waals surface area contributed by atoms with Crippen LogP contribution in [0.15, 0.2) is 53.4 Å². The lowest BCUT2D eigenvalue weighted by Gasteiger charge is -2.26. The molecule has 2 aliphatic rings. The average molecular weight is 479 g/mol. The van der Waals surface area contributed by atoms with E-state index < -0.39 is 10.0 Å². The Labute approximate surface area is 200 Å². The molecule has 2 saturated heterocycles. The zero-order chi connectivity index (χ0) is 23.7. The standard InChI is InChI=1S/C26H30N4O3S/c1-19-11-12-21(34(32,33)30-15-5-2-6-16-30)18-24(19)28-26(31)22-17-20-9-3-4-10-23(20)27-25(22)29-13-7-8-14-29/h3-4,9-12,17-18H,2,5-8,13-16H2,1H3,(H,28,31). The number of aryl methyl sites for hydroxylation is 1. The van der Waals surface area contributed by atoms with E-state index in [1.54, 1.807) is 22.5 Å². The molecular weight excluding hydrogens is 448 g/mol. The topological polar surface area (TPSA) is 82.6 Å². The summed E-state index contributed by atoms with van der Waals surface area (Å²) in [6.45, 7) is 4.69. The molecule has 34 heavy (non-hydrogen) atoms. The van der Waals surface area contributed by atoms with Crippen molar-refractivity contribution in [2.45, 2.75) is 43.9 Å². The van der Waals surface area contributed by atoms with Gasteiger partial charge < -0.3 is 10.2 Å². The molecule has 8 heteroatoms. The van der Waals surface area contributed by atoms with Crippen LogP contribution in [0, 0.1) is 6.92 Å². The smallest absolute Gasteiger partial charge is 0.259 e.